The molecule has 3 nitrogen and oxygen atoms in total. The zero-order valence-corrected chi connectivity index (χ0v) is 9.40. The van der Waals surface area contributed by atoms with Crippen molar-refractivity contribution in [2.45, 2.75) is 6.18 Å². The average molecular weight is 254 g/mol. The molecule has 0 bridgehead atoms. The van der Waals surface area contributed by atoms with E-state index in [-0.39, 0.29) is 11.1 Å². The van der Waals surface area contributed by atoms with Gasteiger partial charge in [0.2, 0.25) is 0 Å². The number of carbonyl (C=O) groups excluding carboxylic acids is 1. The van der Waals surface area contributed by atoms with Gasteiger partial charge in [0.1, 0.15) is 6.29 Å². The molecule has 0 saturated heterocycles. The van der Waals surface area contributed by atoms with Crippen LogP contribution in [0.1, 0.15) is 15.9 Å². The molecule has 18 heavy (non-hydrogen) atoms. The minimum Gasteiger partial charge on any atom is -0.298 e. The van der Waals surface area contributed by atoms with E-state index in [1.165, 1.54) is 29.2 Å². The zero-order valence-electron chi connectivity index (χ0n) is 9.40. The first kappa shape index (κ1) is 12.3. The summed E-state index contributed by atoms with van der Waals surface area (Å²) in [5, 5.41) is 3.84. The van der Waals surface area contributed by atoms with Gasteiger partial charge in [-0.3, -0.25) is 9.48 Å². The highest BCUT2D eigenvalue weighted by Gasteiger charge is 2.34. The quantitative estimate of drug-likeness (QED) is 0.772. The Morgan fingerprint density at radius 3 is 2.56 bits per heavy atom. The predicted molar refractivity (Wildman–Crippen MR) is 59.0 cm³/mol. The largest absolute Gasteiger partial charge is 0.417 e. The molecule has 0 saturated carbocycles. The first-order valence-electron chi connectivity index (χ1n) is 5.07. The van der Waals surface area contributed by atoms with Crippen molar-refractivity contribution in [3.05, 3.63) is 41.7 Å². The van der Waals surface area contributed by atoms with E-state index < -0.39 is 11.7 Å². The topological polar surface area (TPSA) is 34.9 Å². The lowest BCUT2D eigenvalue weighted by Gasteiger charge is -2.12. The second-order valence-corrected chi connectivity index (χ2v) is 3.82. The normalized spacial score (nSPS) is 11.6. The van der Waals surface area contributed by atoms with Crippen LogP contribution in [-0.2, 0) is 13.2 Å². The Bertz CT molecular complexity index is 587. The summed E-state index contributed by atoms with van der Waals surface area (Å²) in [4.78, 5) is 10.6. The molecule has 6 heteroatoms. The van der Waals surface area contributed by atoms with Crippen LogP contribution in [0.2, 0.25) is 0 Å². The lowest BCUT2D eigenvalue weighted by atomic mass is 10.00. The van der Waals surface area contributed by atoms with E-state index in [0.29, 0.717) is 11.8 Å². The number of rotatable bonds is 2. The molecule has 0 aliphatic rings. The second kappa shape index (κ2) is 4.29. The SMILES string of the molecule is Cn1cc(-c2ccc(C=O)cc2C(F)(F)F)cn1. The van der Waals surface area contributed by atoms with Crippen molar-refractivity contribution in [3.63, 3.8) is 0 Å². The Hall–Kier alpha value is -2.11. The van der Waals surface area contributed by atoms with E-state index in [1.807, 2.05) is 0 Å². The molecule has 0 unspecified atom stereocenters. The number of benzene rings is 1. The highest BCUT2D eigenvalue weighted by molar-refractivity contribution is 5.78. The van der Waals surface area contributed by atoms with Crippen LogP contribution in [0.15, 0.2) is 30.6 Å². The van der Waals surface area contributed by atoms with E-state index in [1.54, 1.807) is 7.05 Å². The molecule has 2 rings (SSSR count). The fourth-order valence-corrected chi connectivity index (χ4v) is 1.68. The molecule has 2 aromatic rings. The fourth-order valence-electron chi connectivity index (χ4n) is 1.68. The van der Waals surface area contributed by atoms with Crippen molar-refractivity contribution < 1.29 is 18.0 Å². The van der Waals surface area contributed by atoms with E-state index in [4.69, 9.17) is 0 Å². The van der Waals surface area contributed by atoms with Crippen molar-refractivity contribution in [1.82, 2.24) is 9.78 Å². The molecular formula is C12H9F3N2O. The maximum atomic E-state index is 12.9. The van der Waals surface area contributed by atoms with Crippen LogP contribution in [-0.4, -0.2) is 16.1 Å². The third-order valence-corrected chi connectivity index (χ3v) is 2.50. The van der Waals surface area contributed by atoms with Crippen molar-refractivity contribution in [3.8, 4) is 11.1 Å². The molecule has 94 valence electrons. The number of alkyl halides is 3. The average Bonchev–Trinajstić information content (AvgIpc) is 2.74. The number of halogens is 3. The molecule has 0 aliphatic carbocycles. The summed E-state index contributed by atoms with van der Waals surface area (Å²) in [7, 11) is 1.62. The molecule has 0 spiro atoms. The first-order valence-corrected chi connectivity index (χ1v) is 5.07. The van der Waals surface area contributed by atoms with Crippen molar-refractivity contribution in [2.24, 2.45) is 7.05 Å². The Labute approximate surface area is 101 Å². The summed E-state index contributed by atoms with van der Waals surface area (Å²) < 4.78 is 40.2. The summed E-state index contributed by atoms with van der Waals surface area (Å²) in [6.45, 7) is 0. The molecule has 1 aromatic carbocycles. The van der Waals surface area contributed by atoms with Crippen LogP contribution in [0.25, 0.3) is 11.1 Å². The fraction of sp³-hybridized carbons (Fsp3) is 0.167. The maximum Gasteiger partial charge on any atom is 0.417 e. The van der Waals surface area contributed by atoms with Crippen molar-refractivity contribution in [1.29, 1.82) is 0 Å². The summed E-state index contributed by atoms with van der Waals surface area (Å²) in [5.41, 5.74) is -0.460. The molecule has 1 heterocycles. The highest BCUT2D eigenvalue weighted by Crippen LogP contribution is 2.37. The minimum atomic E-state index is -4.51. The molecule has 1 aromatic heterocycles. The maximum absolute atomic E-state index is 12.9. The van der Waals surface area contributed by atoms with E-state index in [0.717, 1.165) is 6.07 Å². The number of hydrogen-bond donors (Lipinski definition) is 0. The van der Waals surface area contributed by atoms with Gasteiger partial charge in [-0.25, -0.2) is 0 Å². The molecule has 0 aliphatic heterocycles. The van der Waals surface area contributed by atoms with Gasteiger partial charge < -0.3 is 0 Å². The monoisotopic (exact) mass is 254 g/mol. The minimum absolute atomic E-state index is 0.00466. The smallest absolute Gasteiger partial charge is 0.298 e. The lowest BCUT2D eigenvalue weighted by Crippen LogP contribution is -2.07. The number of nitrogens with zero attached hydrogens (tertiary/aromatic N) is 2. The number of aldehydes is 1. The molecule has 0 fully saturated rings. The number of aromatic nitrogens is 2. The van der Waals surface area contributed by atoms with Gasteiger partial charge in [0.25, 0.3) is 0 Å². The first-order chi connectivity index (χ1) is 8.41. The van der Waals surface area contributed by atoms with Gasteiger partial charge in [-0.15, -0.1) is 0 Å². The molecule has 0 N–H and O–H groups in total. The van der Waals surface area contributed by atoms with Crippen LogP contribution in [0.3, 0.4) is 0 Å². The van der Waals surface area contributed by atoms with E-state index >= 15 is 0 Å². The van der Waals surface area contributed by atoms with Gasteiger partial charge in [-0.1, -0.05) is 12.1 Å². The van der Waals surface area contributed by atoms with Crippen molar-refractivity contribution in [2.75, 3.05) is 0 Å². The molecule has 0 radical (unpaired) electrons. The second-order valence-electron chi connectivity index (χ2n) is 3.82. The Kier molecular flexibility index (Phi) is 2.94. The van der Waals surface area contributed by atoms with Gasteiger partial charge in [-0.05, 0) is 11.6 Å². The third-order valence-electron chi connectivity index (χ3n) is 2.50. The molecule has 0 amide bonds. The van der Waals surface area contributed by atoms with Crippen LogP contribution >= 0.6 is 0 Å². The van der Waals surface area contributed by atoms with Gasteiger partial charge in [0, 0.05) is 24.4 Å². The zero-order chi connectivity index (χ0) is 13.3. The van der Waals surface area contributed by atoms with Crippen molar-refractivity contribution >= 4 is 6.29 Å². The van der Waals surface area contributed by atoms with Crippen LogP contribution < -0.4 is 0 Å². The Morgan fingerprint density at radius 1 is 1.33 bits per heavy atom. The molecular weight excluding hydrogens is 245 g/mol. The van der Waals surface area contributed by atoms with Crippen LogP contribution in [0.5, 0.6) is 0 Å². The Morgan fingerprint density at radius 2 is 2.06 bits per heavy atom. The van der Waals surface area contributed by atoms with Gasteiger partial charge in [0.15, 0.2) is 0 Å². The van der Waals surface area contributed by atoms with Gasteiger partial charge in [0.05, 0.1) is 11.8 Å². The third kappa shape index (κ3) is 2.27. The standard InChI is InChI=1S/C12H9F3N2O/c1-17-6-9(5-16-17)10-3-2-8(7-18)4-11(10)12(13,14)15/h2-7H,1H3. The summed E-state index contributed by atoms with van der Waals surface area (Å²) in [5.74, 6) is 0. The summed E-state index contributed by atoms with van der Waals surface area (Å²) >= 11 is 0. The number of aryl methyl sites for hydroxylation is 1. The summed E-state index contributed by atoms with van der Waals surface area (Å²) in [6, 6.07) is 3.48. The number of hydrogen-bond acceptors (Lipinski definition) is 2. The predicted octanol–water partition coefficient (Wildman–Crippen LogP) is 2.92. The number of carbonyl (C=O) groups is 1. The summed E-state index contributed by atoms with van der Waals surface area (Å²) in [6.07, 6.45) is -1.28. The van der Waals surface area contributed by atoms with Crippen LogP contribution in [0.4, 0.5) is 13.2 Å². The Balaban J connectivity index is 2.63. The highest BCUT2D eigenvalue weighted by atomic mass is 19.4. The molecule has 0 atom stereocenters. The van der Waals surface area contributed by atoms with Gasteiger partial charge >= 0.3 is 6.18 Å². The van der Waals surface area contributed by atoms with Gasteiger partial charge in [-0.2, -0.15) is 18.3 Å². The van der Waals surface area contributed by atoms with Crippen LogP contribution in [0, 0.1) is 0 Å². The lowest BCUT2D eigenvalue weighted by molar-refractivity contribution is -0.137. The van der Waals surface area contributed by atoms with E-state index in [9.17, 15) is 18.0 Å². The van der Waals surface area contributed by atoms with E-state index in [2.05, 4.69) is 5.10 Å².